The van der Waals surface area contributed by atoms with Gasteiger partial charge in [0.2, 0.25) is 0 Å². The van der Waals surface area contributed by atoms with Gasteiger partial charge in [-0.05, 0) is 48.5 Å². The minimum Gasteiger partial charge on any atom is -0.492 e. The average molecular weight is 469 g/mol. The Morgan fingerprint density at radius 2 is 1.69 bits per heavy atom. The summed E-state index contributed by atoms with van der Waals surface area (Å²) in [6, 6.07) is 27.3. The van der Waals surface area contributed by atoms with E-state index in [0.29, 0.717) is 24.5 Å². The Morgan fingerprint density at radius 3 is 2.49 bits per heavy atom. The summed E-state index contributed by atoms with van der Waals surface area (Å²) >= 11 is 0. The van der Waals surface area contributed by atoms with Gasteiger partial charge in [0.05, 0.1) is 30.8 Å². The Morgan fingerprint density at radius 1 is 0.943 bits per heavy atom. The fourth-order valence-electron chi connectivity index (χ4n) is 4.10. The highest BCUT2D eigenvalue weighted by Crippen LogP contribution is 2.25. The molecule has 1 fully saturated rings. The van der Waals surface area contributed by atoms with Crippen LogP contribution >= 0.6 is 0 Å². The quantitative estimate of drug-likeness (QED) is 0.368. The van der Waals surface area contributed by atoms with Crippen molar-refractivity contribution in [1.82, 2.24) is 10.3 Å². The Hall–Kier alpha value is -4.10. The molecule has 3 aromatic carbocycles. The normalized spacial score (nSPS) is 13.4. The number of carbonyl (C=O) groups excluding carboxylic acids is 1. The second-order valence-electron chi connectivity index (χ2n) is 8.26. The molecule has 4 aromatic rings. The molecule has 0 unspecified atom stereocenters. The van der Waals surface area contributed by atoms with Crippen molar-refractivity contribution in [3.8, 4) is 5.75 Å². The van der Waals surface area contributed by atoms with Crippen molar-refractivity contribution in [3.05, 3.63) is 90.5 Å². The molecular formula is C28H28N4O3. The second-order valence-corrected chi connectivity index (χ2v) is 8.26. The fraction of sp³-hybridized carbons (Fsp3) is 0.214. The predicted octanol–water partition coefficient (Wildman–Crippen LogP) is 4.62. The first-order valence-electron chi connectivity index (χ1n) is 11.8. The maximum absolute atomic E-state index is 13.1. The van der Waals surface area contributed by atoms with E-state index >= 15 is 0 Å². The number of nitrogens with zero attached hydrogens (tertiary/aromatic N) is 2. The Balaban J connectivity index is 1.28. The van der Waals surface area contributed by atoms with Gasteiger partial charge in [0.15, 0.2) is 0 Å². The van der Waals surface area contributed by atoms with E-state index in [-0.39, 0.29) is 5.91 Å². The van der Waals surface area contributed by atoms with Gasteiger partial charge in [-0.1, -0.05) is 36.4 Å². The van der Waals surface area contributed by atoms with Crippen molar-refractivity contribution in [1.29, 1.82) is 0 Å². The van der Waals surface area contributed by atoms with Gasteiger partial charge in [-0.25, -0.2) is 4.98 Å². The molecule has 1 aromatic heterocycles. The number of para-hydroxylation sites is 2. The minimum atomic E-state index is -0.161. The third kappa shape index (κ3) is 5.70. The summed E-state index contributed by atoms with van der Waals surface area (Å²) in [4.78, 5) is 20.1. The summed E-state index contributed by atoms with van der Waals surface area (Å²) in [5, 5.41) is 7.12. The molecule has 35 heavy (non-hydrogen) atoms. The molecule has 2 heterocycles. The molecule has 1 aliphatic rings. The summed E-state index contributed by atoms with van der Waals surface area (Å²) in [6.07, 6.45) is 0. The molecule has 0 atom stereocenters. The number of aromatic nitrogens is 1. The van der Waals surface area contributed by atoms with Crippen LogP contribution in [0.3, 0.4) is 0 Å². The van der Waals surface area contributed by atoms with E-state index in [1.165, 1.54) is 5.69 Å². The minimum absolute atomic E-state index is 0.161. The lowest BCUT2D eigenvalue weighted by Crippen LogP contribution is -2.36. The average Bonchev–Trinajstić information content (AvgIpc) is 2.92. The lowest BCUT2D eigenvalue weighted by Gasteiger charge is -2.28. The molecule has 5 rings (SSSR count). The standard InChI is InChI=1S/C28H28N4O3/c33-28(29-14-17-35-23-6-2-1-3-7-23)25-20-27(31-26-9-5-4-8-24(25)26)30-21-10-12-22(13-11-21)32-15-18-34-19-16-32/h1-13,20H,14-19H2,(H,29,33)(H,30,31). The van der Waals surface area contributed by atoms with Gasteiger partial charge in [-0.3, -0.25) is 4.79 Å². The number of hydrogen-bond donors (Lipinski definition) is 2. The van der Waals surface area contributed by atoms with Gasteiger partial charge in [0.25, 0.3) is 5.91 Å². The molecule has 0 aliphatic carbocycles. The van der Waals surface area contributed by atoms with Crippen LogP contribution in [0.5, 0.6) is 5.75 Å². The van der Waals surface area contributed by atoms with E-state index in [1.807, 2.05) is 66.7 Å². The monoisotopic (exact) mass is 468 g/mol. The molecule has 1 aliphatic heterocycles. The number of amides is 1. The summed E-state index contributed by atoms with van der Waals surface area (Å²) in [5.74, 6) is 1.24. The topological polar surface area (TPSA) is 75.7 Å². The highest BCUT2D eigenvalue weighted by Gasteiger charge is 2.14. The molecular weight excluding hydrogens is 440 g/mol. The number of pyridine rings is 1. The highest BCUT2D eigenvalue weighted by atomic mass is 16.5. The zero-order chi connectivity index (χ0) is 23.9. The number of anilines is 3. The number of morpholine rings is 1. The van der Waals surface area contributed by atoms with Crippen molar-refractivity contribution in [2.75, 3.05) is 49.7 Å². The van der Waals surface area contributed by atoms with Crippen molar-refractivity contribution in [2.45, 2.75) is 0 Å². The van der Waals surface area contributed by atoms with E-state index in [9.17, 15) is 4.79 Å². The number of carbonyl (C=O) groups is 1. The summed E-state index contributed by atoms with van der Waals surface area (Å²) in [7, 11) is 0. The van der Waals surface area contributed by atoms with Crippen LogP contribution in [0.4, 0.5) is 17.2 Å². The number of fused-ring (bicyclic) bond motifs is 1. The number of hydrogen-bond acceptors (Lipinski definition) is 6. The van der Waals surface area contributed by atoms with Crippen LogP contribution in [0, 0.1) is 0 Å². The number of ether oxygens (including phenoxy) is 2. The van der Waals surface area contributed by atoms with Crippen LogP contribution < -0.4 is 20.3 Å². The third-order valence-corrected chi connectivity index (χ3v) is 5.88. The van der Waals surface area contributed by atoms with E-state index in [4.69, 9.17) is 14.5 Å². The number of rotatable bonds is 8. The summed E-state index contributed by atoms with van der Waals surface area (Å²) in [6.45, 7) is 4.09. The molecule has 178 valence electrons. The number of benzene rings is 3. The lowest BCUT2D eigenvalue weighted by atomic mass is 10.1. The van der Waals surface area contributed by atoms with Crippen molar-refractivity contribution >= 4 is 34.0 Å². The second kappa shape index (κ2) is 10.9. The van der Waals surface area contributed by atoms with Gasteiger partial charge < -0.3 is 25.0 Å². The highest BCUT2D eigenvalue weighted by molar-refractivity contribution is 6.07. The SMILES string of the molecule is O=C(NCCOc1ccccc1)c1cc(Nc2ccc(N3CCOCC3)cc2)nc2ccccc12. The molecule has 0 spiro atoms. The van der Waals surface area contributed by atoms with Crippen molar-refractivity contribution < 1.29 is 14.3 Å². The Bertz CT molecular complexity index is 1270. The van der Waals surface area contributed by atoms with E-state index < -0.39 is 0 Å². The Labute approximate surface area is 204 Å². The van der Waals surface area contributed by atoms with Crippen LogP contribution in [0.15, 0.2) is 84.9 Å². The molecule has 7 nitrogen and oxygen atoms in total. The lowest BCUT2D eigenvalue weighted by molar-refractivity contribution is 0.0948. The molecule has 0 radical (unpaired) electrons. The zero-order valence-corrected chi connectivity index (χ0v) is 19.4. The van der Waals surface area contributed by atoms with E-state index in [2.05, 4.69) is 27.7 Å². The molecule has 0 saturated carbocycles. The van der Waals surface area contributed by atoms with Crippen molar-refractivity contribution in [3.63, 3.8) is 0 Å². The smallest absolute Gasteiger partial charge is 0.252 e. The first-order valence-corrected chi connectivity index (χ1v) is 11.8. The molecule has 2 N–H and O–H groups in total. The number of nitrogens with one attached hydrogen (secondary N) is 2. The Kier molecular flexibility index (Phi) is 7.05. The van der Waals surface area contributed by atoms with Crippen LogP contribution in [0.25, 0.3) is 10.9 Å². The first kappa shape index (κ1) is 22.7. The summed E-state index contributed by atoms with van der Waals surface area (Å²) < 4.78 is 11.1. The van der Waals surface area contributed by atoms with Crippen LogP contribution in [0.2, 0.25) is 0 Å². The van der Waals surface area contributed by atoms with Crippen LogP contribution in [0.1, 0.15) is 10.4 Å². The maximum Gasteiger partial charge on any atom is 0.252 e. The van der Waals surface area contributed by atoms with Gasteiger partial charge in [0, 0.05) is 29.9 Å². The summed E-state index contributed by atoms with van der Waals surface area (Å²) in [5.41, 5.74) is 3.41. The maximum atomic E-state index is 13.1. The molecule has 1 amide bonds. The van der Waals surface area contributed by atoms with Gasteiger partial charge in [0.1, 0.15) is 18.2 Å². The first-order chi connectivity index (χ1) is 17.3. The molecule has 7 heteroatoms. The van der Waals surface area contributed by atoms with Gasteiger partial charge in [-0.15, -0.1) is 0 Å². The van der Waals surface area contributed by atoms with Crippen LogP contribution in [-0.2, 0) is 4.74 Å². The largest absolute Gasteiger partial charge is 0.492 e. The van der Waals surface area contributed by atoms with E-state index in [1.54, 1.807) is 6.07 Å². The predicted molar refractivity (Wildman–Crippen MR) is 139 cm³/mol. The third-order valence-electron chi connectivity index (χ3n) is 5.88. The van der Waals surface area contributed by atoms with Crippen molar-refractivity contribution in [2.24, 2.45) is 0 Å². The fourth-order valence-corrected chi connectivity index (χ4v) is 4.10. The van der Waals surface area contributed by atoms with E-state index in [0.717, 1.165) is 48.6 Å². The zero-order valence-electron chi connectivity index (χ0n) is 19.4. The van der Waals surface area contributed by atoms with Crippen LogP contribution in [-0.4, -0.2) is 50.3 Å². The van der Waals surface area contributed by atoms with Gasteiger partial charge in [-0.2, -0.15) is 0 Å². The molecule has 0 bridgehead atoms. The molecule has 1 saturated heterocycles. The van der Waals surface area contributed by atoms with Gasteiger partial charge >= 0.3 is 0 Å².